The molecule has 3 heteroatoms. The van der Waals surface area contributed by atoms with Gasteiger partial charge in [0.05, 0.1) is 0 Å². The fourth-order valence-electron chi connectivity index (χ4n) is 1.65. The van der Waals surface area contributed by atoms with E-state index in [2.05, 4.69) is 24.5 Å². The molecule has 0 bridgehead atoms. The lowest BCUT2D eigenvalue weighted by molar-refractivity contribution is 0.390. The van der Waals surface area contributed by atoms with Crippen LogP contribution in [0.1, 0.15) is 13.8 Å². The molecule has 0 amide bonds. The van der Waals surface area contributed by atoms with Gasteiger partial charge in [0.2, 0.25) is 0 Å². The van der Waals surface area contributed by atoms with Crippen LogP contribution in [0.4, 0.5) is 5.69 Å². The van der Waals surface area contributed by atoms with Gasteiger partial charge in [-0.05, 0) is 43.6 Å². The van der Waals surface area contributed by atoms with E-state index in [1.165, 1.54) is 0 Å². The SMILES string of the molecule is CNCC(CNc1cccc(Cl)c1)C(C)C. The summed E-state index contributed by atoms with van der Waals surface area (Å²) < 4.78 is 0. The normalized spacial score (nSPS) is 12.8. The molecule has 0 spiro atoms. The molecule has 0 radical (unpaired) electrons. The van der Waals surface area contributed by atoms with Gasteiger partial charge in [0.15, 0.2) is 0 Å². The minimum Gasteiger partial charge on any atom is -0.385 e. The molecule has 0 fully saturated rings. The standard InChI is InChI=1S/C13H21ClN2/c1-10(2)11(8-15-3)9-16-13-6-4-5-12(14)7-13/h4-7,10-11,15-16H,8-9H2,1-3H3. The Morgan fingerprint density at radius 1 is 1.25 bits per heavy atom. The number of nitrogens with one attached hydrogen (secondary N) is 2. The Balaban J connectivity index is 2.48. The van der Waals surface area contributed by atoms with Gasteiger partial charge in [-0.3, -0.25) is 0 Å². The summed E-state index contributed by atoms with van der Waals surface area (Å²) in [6.07, 6.45) is 0. The smallest absolute Gasteiger partial charge is 0.0426 e. The van der Waals surface area contributed by atoms with E-state index < -0.39 is 0 Å². The average molecular weight is 241 g/mol. The molecule has 1 aromatic rings. The number of anilines is 1. The minimum atomic E-state index is 0.629. The summed E-state index contributed by atoms with van der Waals surface area (Å²) in [5.74, 6) is 1.29. The molecule has 16 heavy (non-hydrogen) atoms. The Labute approximate surface area is 103 Å². The first-order valence-electron chi connectivity index (χ1n) is 5.77. The molecule has 2 N–H and O–H groups in total. The fourth-order valence-corrected chi connectivity index (χ4v) is 1.84. The first-order chi connectivity index (χ1) is 7.63. The molecule has 0 saturated carbocycles. The van der Waals surface area contributed by atoms with Crippen molar-refractivity contribution >= 4 is 17.3 Å². The van der Waals surface area contributed by atoms with Crippen LogP contribution >= 0.6 is 11.6 Å². The molecular formula is C13H21ClN2. The predicted octanol–water partition coefficient (Wildman–Crippen LogP) is 3.24. The second-order valence-electron chi connectivity index (χ2n) is 4.45. The number of halogens is 1. The highest BCUT2D eigenvalue weighted by molar-refractivity contribution is 6.30. The second kappa shape index (κ2) is 6.77. The van der Waals surface area contributed by atoms with Crippen molar-refractivity contribution in [3.8, 4) is 0 Å². The molecule has 2 nitrogen and oxygen atoms in total. The van der Waals surface area contributed by atoms with Crippen LogP contribution in [-0.4, -0.2) is 20.1 Å². The summed E-state index contributed by atoms with van der Waals surface area (Å²) in [4.78, 5) is 0. The zero-order valence-corrected chi connectivity index (χ0v) is 11.0. The Morgan fingerprint density at radius 2 is 2.00 bits per heavy atom. The molecule has 90 valence electrons. The fraction of sp³-hybridized carbons (Fsp3) is 0.538. The summed E-state index contributed by atoms with van der Waals surface area (Å²) in [5.41, 5.74) is 1.09. The van der Waals surface area contributed by atoms with E-state index in [0.29, 0.717) is 11.8 Å². The minimum absolute atomic E-state index is 0.629. The van der Waals surface area contributed by atoms with E-state index in [0.717, 1.165) is 23.8 Å². The molecule has 0 heterocycles. The van der Waals surface area contributed by atoms with E-state index >= 15 is 0 Å². The lowest BCUT2D eigenvalue weighted by Crippen LogP contribution is -2.29. The molecule has 1 rings (SSSR count). The molecule has 0 aromatic heterocycles. The van der Waals surface area contributed by atoms with E-state index in [9.17, 15) is 0 Å². The van der Waals surface area contributed by atoms with Crippen molar-refractivity contribution in [3.63, 3.8) is 0 Å². The third kappa shape index (κ3) is 4.42. The van der Waals surface area contributed by atoms with Crippen molar-refractivity contribution in [2.24, 2.45) is 11.8 Å². The summed E-state index contributed by atoms with van der Waals surface area (Å²) in [5, 5.41) is 7.44. The maximum absolute atomic E-state index is 5.93. The zero-order chi connectivity index (χ0) is 12.0. The van der Waals surface area contributed by atoms with Crippen molar-refractivity contribution in [2.75, 3.05) is 25.5 Å². The quantitative estimate of drug-likeness (QED) is 0.798. The van der Waals surface area contributed by atoms with Crippen LogP contribution in [-0.2, 0) is 0 Å². The molecule has 1 aromatic carbocycles. The monoisotopic (exact) mass is 240 g/mol. The maximum Gasteiger partial charge on any atom is 0.0426 e. The van der Waals surface area contributed by atoms with Gasteiger partial charge in [-0.2, -0.15) is 0 Å². The average Bonchev–Trinajstić information content (AvgIpc) is 2.24. The van der Waals surface area contributed by atoms with Crippen LogP contribution in [0.5, 0.6) is 0 Å². The molecule has 1 atom stereocenters. The van der Waals surface area contributed by atoms with Crippen LogP contribution in [0.3, 0.4) is 0 Å². The van der Waals surface area contributed by atoms with Gasteiger partial charge in [-0.25, -0.2) is 0 Å². The Hall–Kier alpha value is -0.730. The van der Waals surface area contributed by atoms with Gasteiger partial charge in [0, 0.05) is 17.3 Å². The molecular weight excluding hydrogens is 220 g/mol. The van der Waals surface area contributed by atoms with Gasteiger partial charge in [-0.1, -0.05) is 31.5 Å². The van der Waals surface area contributed by atoms with Crippen molar-refractivity contribution in [1.82, 2.24) is 5.32 Å². The van der Waals surface area contributed by atoms with Gasteiger partial charge in [0.25, 0.3) is 0 Å². The Kier molecular flexibility index (Phi) is 5.64. The topological polar surface area (TPSA) is 24.1 Å². The van der Waals surface area contributed by atoms with Gasteiger partial charge >= 0.3 is 0 Å². The van der Waals surface area contributed by atoms with Crippen LogP contribution in [0, 0.1) is 11.8 Å². The van der Waals surface area contributed by atoms with Crippen molar-refractivity contribution in [2.45, 2.75) is 13.8 Å². The molecule has 0 aliphatic carbocycles. The molecule has 1 unspecified atom stereocenters. The summed E-state index contributed by atoms with van der Waals surface area (Å²) in [7, 11) is 1.99. The Morgan fingerprint density at radius 3 is 2.56 bits per heavy atom. The van der Waals surface area contributed by atoms with Gasteiger partial charge in [-0.15, -0.1) is 0 Å². The van der Waals surface area contributed by atoms with Crippen molar-refractivity contribution in [3.05, 3.63) is 29.3 Å². The molecule has 0 saturated heterocycles. The number of hydrogen-bond acceptors (Lipinski definition) is 2. The van der Waals surface area contributed by atoms with Crippen molar-refractivity contribution in [1.29, 1.82) is 0 Å². The lowest BCUT2D eigenvalue weighted by Gasteiger charge is -2.21. The summed E-state index contributed by atoms with van der Waals surface area (Å²) in [6, 6.07) is 7.86. The van der Waals surface area contributed by atoms with Crippen LogP contribution in [0.2, 0.25) is 5.02 Å². The number of rotatable bonds is 6. The van der Waals surface area contributed by atoms with Crippen LogP contribution in [0.15, 0.2) is 24.3 Å². The van der Waals surface area contributed by atoms with E-state index in [1.54, 1.807) is 0 Å². The largest absolute Gasteiger partial charge is 0.385 e. The first kappa shape index (κ1) is 13.3. The third-order valence-corrected chi connectivity index (χ3v) is 3.04. The summed E-state index contributed by atoms with van der Waals surface area (Å²) in [6.45, 7) is 6.51. The maximum atomic E-state index is 5.93. The lowest BCUT2D eigenvalue weighted by atomic mass is 9.96. The van der Waals surface area contributed by atoms with E-state index in [4.69, 9.17) is 11.6 Å². The number of hydrogen-bond donors (Lipinski definition) is 2. The van der Waals surface area contributed by atoms with Gasteiger partial charge < -0.3 is 10.6 Å². The van der Waals surface area contributed by atoms with Crippen LogP contribution < -0.4 is 10.6 Å². The first-order valence-corrected chi connectivity index (χ1v) is 6.15. The number of benzene rings is 1. The zero-order valence-electron chi connectivity index (χ0n) is 10.3. The van der Waals surface area contributed by atoms with E-state index in [1.807, 2.05) is 31.3 Å². The van der Waals surface area contributed by atoms with E-state index in [-0.39, 0.29) is 0 Å². The highest BCUT2D eigenvalue weighted by atomic mass is 35.5. The molecule has 0 aliphatic heterocycles. The second-order valence-corrected chi connectivity index (χ2v) is 4.89. The highest BCUT2D eigenvalue weighted by Crippen LogP contribution is 2.16. The van der Waals surface area contributed by atoms with Gasteiger partial charge in [0.1, 0.15) is 0 Å². The summed E-state index contributed by atoms with van der Waals surface area (Å²) >= 11 is 5.93. The van der Waals surface area contributed by atoms with Crippen LogP contribution in [0.25, 0.3) is 0 Å². The predicted molar refractivity (Wildman–Crippen MR) is 72.2 cm³/mol. The van der Waals surface area contributed by atoms with Crippen molar-refractivity contribution < 1.29 is 0 Å². The third-order valence-electron chi connectivity index (χ3n) is 2.80. The molecule has 0 aliphatic rings. The highest BCUT2D eigenvalue weighted by Gasteiger charge is 2.11. The Bertz CT molecular complexity index is 313.